The van der Waals surface area contributed by atoms with Crippen LogP contribution in [0.3, 0.4) is 0 Å². The van der Waals surface area contributed by atoms with Crippen molar-refractivity contribution in [2.24, 2.45) is 0 Å². The minimum absolute atomic E-state index is 0.00147. The van der Waals surface area contributed by atoms with Crippen LogP contribution < -0.4 is 4.74 Å². The van der Waals surface area contributed by atoms with Crippen molar-refractivity contribution in [3.8, 4) is 5.75 Å². The van der Waals surface area contributed by atoms with Gasteiger partial charge in [0, 0.05) is 19.8 Å². The smallest absolute Gasteiger partial charge is 0.347 e. The molecule has 1 aromatic carbocycles. The molecule has 1 atom stereocenters. The molecule has 0 saturated carbocycles. The predicted molar refractivity (Wildman–Crippen MR) is 88.7 cm³/mol. The Labute approximate surface area is 146 Å². The zero-order valence-corrected chi connectivity index (χ0v) is 14.4. The van der Waals surface area contributed by atoms with Crippen molar-refractivity contribution in [1.82, 2.24) is 0 Å². The van der Waals surface area contributed by atoms with E-state index in [-0.39, 0.29) is 26.1 Å². The molecule has 0 aromatic heterocycles. The molecule has 7 nitrogen and oxygen atoms in total. The van der Waals surface area contributed by atoms with E-state index < -0.39 is 24.0 Å². The maximum atomic E-state index is 11.8. The zero-order chi connectivity index (χ0) is 18.7. The van der Waals surface area contributed by atoms with Gasteiger partial charge in [-0.25, -0.2) is 4.79 Å². The molecule has 0 bridgehead atoms. The van der Waals surface area contributed by atoms with Crippen LogP contribution in [0.15, 0.2) is 36.9 Å². The number of carbonyl (C=O) groups excluding carboxylic acids is 3. The molecule has 0 N–H and O–H groups in total. The third-order valence-electron chi connectivity index (χ3n) is 3.08. The lowest BCUT2D eigenvalue weighted by molar-refractivity contribution is -0.167. The van der Waals surface area contributed by atoms with Gasteiger partial charge in [0.05, 0.1) is 7.11 Å². The minimum atomic E-state index is -1.15. The average Bonchev–Trinajstić information content (AvgIpc) is 2.61. The Morgan fingerprint density at radius 3 is 2.40 bits per heavy atom. The minimum Gasteiger partial charge on any atom is -0.497 e. The largest absolute Gasteiger partial charge is 0.497 e. The van der Waals surface area contributed by atoms with Gasteiger partial charge in [-0.15, -0.1) is 0 Å². The van der Waals surface area contributed by atoms with Gasteiger partial charge in [0.1, 0.15) is 19.0 Å². The molecular weight excluding hydrogens is 328 g/mol. The third-order valence-corrected chi connectivity index (χ3v) is 3.08. The van der Waals surface area contributed by atoms with E-state index in [0.29, 0.717) is 5.75 Å². The highest BCUT2D eigenvalue weighted by Gasteiger charge is 2.24. The Bertz CT molecular complexity index is 592. The molecule has 7 heteroatoms. The average molecular weight is 350 g/mol. The van der Waals surface area contributed by atoms with Crippen molar-refractivity contribution >= 4 is 17.9 Å². The first-order valence-electron chi connectivity index (χ1n) is 7.69. The Morgan fingerprint density at radius 2 is 1.84 bits per heavy atom. The number of rotatable bonds is 10. The standard InChI is InChI=1S/C18H22O7/c1-4-11-23-18(21)16(25-13(2)19)9-10-17(20)24-12-14-5-7-15(22-3)8-6-14/h4-8,16H,1,9-12H2,2-3H3. The zero-order valence-electron chi connectivity index (χ0n) is 14.4. The SMILES string of the molecule is C=CCOC(=O)C(CCC(=O)OCc1ccc(OC)cc1)OC(C)=O. The van der Waals surface area contributed by atoms with Crippen molar-refractivity contribution in [1.29, 1.82) is 0 Å². The molecule has 0 aliphatic heterocycles. The Balaban J connectivity index is 2.45. The summed E-state index contributed by atoms with van der Waals surface area (Å²) in [4.78, 5) is 34.7. The topological polar surface area (TPSA) is 88.1 Å². The Hall–Kier alpha value is -2.83. The molecule has 0 saturated heterocycles. The predicted octanol–water partition coefficient (Wildman–Crippen LogP) is 2.18. The maximum Gasteiger partial charge on any atom is 0.347 e. The highest BCUT2D eigenvalue weighted by atomic mass is 16.6. The van der Waals surface area contributed by atoms with Gasteiger partial charge in [-0.2, -0.15) is 0 Å². The molecule has 0 spiro atoms. The van der Waals surface area contributed by atoms with E-state index in [1.807, 2.05) is 0 Å². The van der Waals surface area contributed by atoms with Gasteiger partial charge in [-0.1, -0.05) is 24.8 Å². The fourth-order valence-corrected chi connectivity index (χ4v) is 1.87. The number of methoxy groups -OCH3 is 1. The van der Waals surface area contributed by atoms with Crippen LogP contribution >= 0.6 is 0 Å². The Kier molecular flexibility index (Phi) is 8.78. The van der Waals surface area contributed by atoms with Crippen molar-refractivity contribution in [3.05, 3.63) is 42.5 Å². The van der Waals surface area contributed by atoms with Gasteiger partial charge in [0.25, 0.3) is 0 Å². The number of ether oxygens (including phenoxy) is 4. The quantitative estimate of drug-likeness (QED) is 0.363. The number of hydrogen-bond acceptors (Lipinski definition) is 7. The highest BCUT2D eigenvalue weighted by Crippen LogP contribution is 2.13. The molecule has 1 unspecified atom stereocenters. The molecule has 0 amide bonds. The van der Waals surface area contributed by atoms with Crippen molar-refractivity contribution < 1.29 is 33.3 Å². The molecule has 0 radical (unpaired) electrons. The van der Waals surface area contributed by atoms with E-state index in [9.17, 15) is 14.4 Å². The number of esters is 3. The van der Waals surface area contributed by atoms with Crippen LogP contribution in [0.5, 0.6) is 5.75 Å². The van der Waals surface area contributed by atoms with E-state index in [1.165, 1.54) is 13.0 Å². The molecule has 1 aromatic rings. The van der Waals surface area contributed by atoms with E-state index in [2.05, 4.69) is 6.58 Å². The summed E-state index contributed by atoms with van der Waals surface area (Å²) < 4.78 is 19.9. The van der Waals surface area contributed by atoms with Gasteiger partial charge in [-0.3, -0.25) is 9.59 Å². The van der Waals surface area contributed by atoms with Gasteiger partial charge in [-0.05, 0) is 17.7 Å². The lowest BCUT2D eigenvalue weighted by Crippen LogP contribution is -2.29. The second kappa shape index (κ2) is 10.9. The normalized spacial score (nSPS) is 11.1. The summed E-state index contributed by atoms with van der Waals surface area (Å²) >= 11 is 0. The fourth-order valence-electron chi connectivity index (χ4n) is 1.87. The summed E-state index contributed by atoms with van der Waals surface area (Å²) in [6, 6.07) is 7.08. The first kappa shape index (κ1) is 20.2. The van der Waals surface area contributed by atoms with Gasteiger partial charge in [0.2, 0.25) is 0 Å². The van der Waals surface area contributed by atoms with Crippen molar-refractivity contribution in [2.75, 3.05) is 13.7 Å². The van der Waals surface area contributed by atoms with Crippen LogP contribution in [0.2, 0.25) is 0 Å². The summed E-state index contributed by atoms with van der Waals surface area (Å²) in [5.41, 5.74) is 0.802. The molecule has 136 valence electrons. The van der Waals surface area contributed by atoms with Gasteiger partial charge < -0.3 is 18.9 Å². The third kappa shape index (κ3) is 8.01. The Morgan fingerprint density at radius 1 is 1.16 bits per heavy atom. The van der Waals surface area contributed by atoms with Crippen molar-refractivity contribution in [2.45, 2.75) is 32.5 Å². The number of carbonyl (C=O) groups is 3. The monoisotopic (exact) mass is 350 g/mol. The molecule has 0 fully saturated rings. The van der Waals surface area contributed by atoms with Gasteiger partial charge >= 0.3 is 17.9 Å². The summed E-state index contributed by atoms with van der Waals surface area (Å²) in [6.07, 6.45) is 0.145. The van der Waals surface area contributed by atoms with Crippen LogP contribution in [0, 0.1) is 0 Å². The molecule has 1 rings (SSSR count). The number of hydrogen-bond donors (Lipinski definition) is 0. The first-order chi connectivity index (χ1) is 12.0. The van der Waals surface area contributed by atoms with E-state index in [4.69, 9.17) is 18.9 Å². The molecule has 0 heterocycles. The number of benzene rings is 1. The van der Waals surface area contributed by atoms with Crippen LogP contribution in [-0.2, 0) is 35.2 Å². The van der Waals surface area contributed by atoms with E-state index >= 15 is 0 Å². The van der Waals surface area contributed by atoms with Crippen LogP contribution in [-0.4, -0.2) is 37.7 Å². The molecule has 0 aliphatic carbocycles. The van der Waals surface area contributed by atoms with Crippen LogP contribution in [0.25, 0.3) is 0 Å². The van der Waals surface area contributed by atoms with Crippen LogP contribution in [0.1, 0.15) is 25.3 Å². The van der Waals surface area contributed by atoms with Gasteiger partial charge in [0.15, 0.2) is 6.10 Å². The lowest BCUT2D eigenvalue weighted by atomic mass is 10.2. The summed E-state index contributed by atoms with van der Waals surface area (Å²) in [5, 5.41) is 0. The first-order valence-corrected chi connectivity index (χ1v) is 7.69. The molecule has 0 aliphatic rings. The second-order valence-electron chi connectivity index (χ2n) is 5.06. The highest BCUT2D eigenvalue weighted by molar-refractivity contribution is 5.79. The summed E-state index contributed by atoms with van der Waals surface area (Å²) in [6.45, 7) is 4.70. The molecule has 25 heavy (non-hydrogen) atoms. The second-order valence-corrected chi connectivity index (χ2v) is 5.06. The van der Waals surface area contributed by atoms with E-state index in [0.717, 1.165) is 5.56 Å². The van der Waals surface area contributed by atoms with E-state index in [1.54, 1.807) is 31.4 Å². The van der Waals surface area contributed by atoms with Crippen molar-refractivity contribution in [3.63, 3.8) is 0 Å². The summed E-state index contributed by atoms with van der Waals surface area (Å²) in [5.74, 6) is -1.16. The lowest BCUT2D eigenvalue weighted by Gasteiger charge is -2.15. The molecular formula is C18H22O7. The maximum absolute atomic E-state index is 11.8. The summed E-state index contributed by atoms with van der Waals surface area (Å²) in [7, 11) is 1.56. The van der Waals surface area contributed by atoms with Crippen LogP contribution in [0.4, 0.5) is 0 Å². The fraction of sp³-hybridized carbons (Fsp3) is 0.389.